The van der Waals surface area contributed by atoms with Crippen molar-refractivity contribution in [2.75, 3.05) is 27.3 Å². The quantitative estimate of drug-likeness (QED) is 0.775. The number of likely N-dealkylation sites (tertiary alicyclic amines) is 1. The highest BCUT2D eigenvalue weighted by Crippen LogP contribution is 2.38. The normalized spacial score (nSPS) is 21.0. The minimum atomic E-state index is -0.671. The van der Waals surface area contributed by atoms with Crippen molar-refractivity contribution in [1.29, 1.82) is 0 Å². The summed E-state index contributed by atoms with van der Waals surface area (Å²) in [7, 11) is 3.33. The van der Waals surface area contributed by atoms with Gasteiger partial charge in [-0.05, 0) is 56.0 Å². The summed E-state index contributed by atoms with van der Waals surface area (Å²) in [5.74, 6) is 0.673. The fourth-order valence-corrected chi connectivity index (χ4v) is 4.03. The number of halogens is 1. The highest BCUT2D eigenvalue weighted by Gasteiger charge is 2.48. The van der Waals surface area contributed by atoms with Crippen LogP contribution in [-0.4, -0.2) is 54.4 Å². The molecule has 0 saturated carbocycles. The first-order valence-electron chi connectivity index (χ1n) is 9.79. The van der Waals surface area contributed by atoms with E-state index in [1.165, 1.54) is 13.2 Å². The molecule has 152 valence electrons. The zero-order chi connectivity index (χ0) is 20.6. The lowest BCUT2D eigenvalue weighted by Gasteiger charge is -2.17. The number of carbonyl (C=O) groups excluding carboxylic acids is 1. The van der Waals surface area contributed by atoms with E-state index in [-0.39, 0.29) is 11.7 Å². The molecule has 2 aliphatic heterocycles. The molecule has 0 aliphatic carbocycles. The summed E-state index contributed by atoms with van der Waals surface area (Å²) in [5, 5.41) is 0. The Bertz CT molecular complexity index is 991. The van der Waals surface area contributed by atoms with Crippen molar-refractivity contribution in [2.24, 2.45) is 4.99 Å². The smallest absolute Gasteiger partial charge is 0.250 e. The number of carbonyl (C=O) groups is 1. The van der Waals surface area contributed by atoms with Crippen LogP contribution in [0.3, 0.4) is 0 Å². The summed E-state index contributed by atoms with van der Waals surface area (Å²) in [4.78, 5) is 23.6. The van der Waals surface area contributed by atoms with Crippen LogP contribution in [0.1, 0.15) is 31.9 Å². The maximum Gasteiger partial charge on any atom is 0.250 e. The van der Waals surface area contributed by atoms with Gasteiger partial charge in [-0.2, -0.15) is 0 Å². The third-order valence-electron chi connectivity index (χ3n) is 5.60. The number of methoxy groups -OCH3 is 1. The van der Waals surface area contributed by atoms with Crippen molar-refractivity contribution in [1.82, 2.24) is 9.88 Å². The van der Waals surface area contributed by atoms with E-state index in [9.17, 15) is 9.18 Å². The molecule has 0 radical (unpaired) electrons. The highest BCUT2D eigenvalue weighted by atomic mass is 19.1. The number of aromatic nitrogens is 1. The van der Waals surface area contributed by atoms with Crippen LogP contribution >= 0.6 is 0 Å². The first-order chi connectivity index (χ1) is 14.0. The van der Waals surface area contributed by atoms with E-state index >= 15 is 0 Å². The summed E-state index contributed by atoms with van der Waals surface area (Å²) in [6, 6.07) is 8.16. The van der Waals surface area contributed by atoms with Crippen LogP contribution in [0, 0.1) is 5.82 Å². The van der Waals surface area contributed by atoms with E-state index in [0.29, 0.717) is 60.9 Å². The van der Waals surface area contributed by atoms with Gasteiger partial charge in [0.2, 0.25) is 11.8 Å². The number of ether oxygens (including phenoxy) is 2. The predicted octanol–water partition coefficient (Wildman–Crippen LogP) is 3.48. The van der Waals surface area contributed by atoms with Gasteiger partial charge in [-0.25, -0.2) is 9.37 Å². The molecule has 0 N–H and O–H groups in total. The number of nitrogens with zero attached hydrogens (tertiary/aromatic N) is 3. The van der Waals surface area contributed by atoms with Gasteiger partial charge in [0.25, 0.3) is 0 Å². The Kier molecular flexibility index (Phi) is 4.98. The molecule has 2 aliphatic rings. The van der Waals surface area contributed by atoms with Crippen LogP contribution in [-0.2, 0) is 4.79 Å². The minimum absolute atomic E-state index is 0.0612. The number of amides is 1. The van der Waals surface area contributed by atoms with Gasteiger partial charge in [0.05, 0.1) is 25.1 Å². The molecule has 0 unspecified atom stereocenters. The monoisotopic (exact) mass is 397 g/mol. The van der Waals surface area contributed by atoms with Crippen molar-refractivity contribution >= 4 is 11.6 Å². The van der Waals surface area contributed by atoms with Crippen molar-refractivity contribution in [3.8, 4) is 22.8 Å². The second-order valence-corrected chi connectivity index (χ2v) is 7.42. The first kappa shape index (κ1) is 19.4. The number of hydrogen-bond acceptors (Lipinski definition) is 5. The van der Waals surface area contributed by atoms with E-state index < -0.39 is 5.54 Å². The van der Waals surface area contributed by atoms with Crippen LogP contribution in [0.5, 0.6) is 11.6 Å². The molecule has 2 aromatic rings. The van der Waals surface area contributed by atoms with E-state index in [1.807, 2.05) is 6.92 Å². The van der Waals surface area contributed by atoms with Crippen LogP contribution in [0.15, 0.2) is 35.3 Å². The van der Waals surface area contributed by atoms with E-state index in [1.54, 1.807) is 36.2 Å². The topological polar surface area (TPSA) is 64.0 Å². The maximum atomic E-state index is 14.6. The number of benzene rings is 1. The maximum absolute atomic E-state index is 14.6. The molecule has 1 amide bonds. The molecular formula is C22H24FN3O3. The molecular weight excluding hydrogens is 373 g/mol. The van der Waals surface area contributed by atoms with Gasteiger partial charge in [0, 0.05) is 25.2 Å². The molecule has 1 aromatic carbocycles. The molecule has 1 aromatic heterocycles. The Morgan fingerprint density at radius 2 is 2.07 bits per heavy atom. The van der Waals surface area contributed by atoms with Crippen LogP contribution in [0.2, 0.25) is 0 Å². The first-order valence-corrected chi connectivity index (χ1v) is 9.79. The van der Waals surface area contributed by atoms with Crippen molar-refractivity contribution < 1.29 is 18.7 Å². The molecule has 29 heavy (non-hydrogen) atoms. The molecule has 3 heterocycles. The Labute approximate surface area is 169 Å². The van der Waals surface area contributed by atoms with E-state index in [2.05, 4.69) is 4.98 Å². The Morgan fingerprint density at radius 1 is 1.24 bits per heavy atom. The SMILES string of the molecule is CCOc1ccc(F)c(-c2cc(OC)nc(C3=N[C@]4(CC3)CCN(C)C4=O)c2)c1. The van der Waals surface area contributed by atoms with Crippen LogP contribution in [0.4, 0.5) is 4.39 Å². The standard InChI is InChI=1S/C22H24FN3O3/c1-4-29-15-5-6-17(23)16(13-15)14-11-19(24-20(12-14)28-3)18-7-8-22(25-18)9-10-26(2)21(22)27/h5-6,11-13H,4,7-10H2,1-3H3/t22-/m1/s1. The van der Waals surface area contributed by atoms with Gasteiger partial charge < -0.3 is 14.4 Å². The summed E-state index contributed by atoms with van der Waals surface area (Å²) in [6.07, 6.45) is 2.04. The lowest BCUT2D eigenvalue weighted by molar-refractivity contribution is -0.130. The lowest BCUT2D eigenvalue weighted by atomic mass is 9.95. The zero-order valence-electron chi connectivity index (χ0n) is 16.9. The van der Waals surface area contributed by atoms with Gasteiger partial charge in [-0.3, -0.25) is 9.79 Å². The second-order valence-electron chi connectivity index (χ2n) is 7.42. The van der Waals surface area contributed by atoms with E-state index in [0.717, 1.165) is 5.71 Å². The molecule has 0 bridgehead atoms. The molecule has 6 nitrogen and oxygen atoms in total. The van der Waals surface area contributed by atoms with Gasteiger partial charge in [0.1, 0.15) is 17.1 Å². The van der Waals surface area contributed by atoms with Crippen LogP contribution < -0.4 is 9.47 Å². The van der Waals surface area contributed by atoms with Crippen molar-refractivity contribution in [3.63, 3.8) is 0 Å². The van der Waals surface area contributed by atoms with Gasteiger partial charge in [-0.1, -0.05) is 0 Å². The number of aliphatic imine (C=N–C) groups is 1. The summed E-state index contributed by atoms with van der Waals surface area (Å²) in [6.45, 7) is 3.09. The molecule has 7 heteroatoms. The third kappa shape index (κ3) is 3.45. The van der Waals surface area contributed by atoms with Crippen LogP contribution in [0.25, 0.3) is 11.1 Å². The summed E-state index contributed by atoms with van der Waals surface area (Å²) >= 11 is 0. The Balaban J connectivity index is 1.76. The summed E-state index contributed by atoms with van der Waals surface area (Å²) < 4.78 is 25.4. The average molecular weight is 397 g/mol. The third-order valence-corrected chi connectivity index (χ3v) is 5.60. The largest absolute Gasteiger partial charge is 0.494 e. The van der Waals surface area contributed by atoms with E-state index in [4.69, 9.17) is 14.5 Å². The number of rotatable bonds is 5. The van der Waals surface area contributed by atoms with Crippen molar-refractivity contribution in [2.45, 2.75) is 31.7 Å². The van der Waals surface area contributed by atoms with Gasteiger partial charge in [0.15, 0.2) is 0 Å². The molecule has 1 fully saturated rings. The average Bonchev–Trinajstić information content (AvgIpc) is 3.29. The summed E-state index contributed by atoms with van der Waals surface area (Å²) in [5.41, 5.74) is 1.73. The number of hydrogen-bond donors (Lipinski definition) is 0. The Hall–Kier alpha value is -2.96. The Morgan fingerprint density at radius 3 is 2.76 bits per heavy atom. The predicted molar refractivity (Wildman–Crippen MR) is 108 cm³/mol. The molecule has 1 saturated heterocycles. The molecule has 4 rings (SSSR count). The molecule has 1 spiro atoms. The van der Waals surface area contributed by atoms with Gasteiger partial charge in [-0.15, -0.1) is 0 Å². The molecule has 1 atom stereocenters. The van der Waals surface area contributed by atoms with Gasteiger partial charge >= 0.3 is 0 Å². The number of pyridine rings is 1. The minimum Gasteiger partial charge on any atom is -0.494 e. The number of likely N-dealkylation sites (N-methyl/N-ethyl adjacent to an activating group) is 1. The zero-order valence-corrected chi connectivity index (χ0v) is 16.9. The second kappa shape index (κ2) is 7.46. The fraction of sp³-hybridized carbons (Fsp3) is 0.409. The lowest BCUT2D eigenvalue weighted by Crippen LogP contribution is -2.35. The highest BCUT2D eigenvalue weighted by molar-refractivity contribution is 6.05. The van der Waals surface area contributed by atoms with Crippen molar-refractivity contribution in [3.05, 3.63) is 41.8 Å². The fourth-order valence-electron chi connectivity index (χ4n) is 4.03.